The highest BCUT2D eigenvalue weighted by Gasteiger charge is 2.17. The summed E-state index contributed by atoms with van der Waals surface area (Å²) in [5.74, 6) is -0.203. The highest BCUT2D eigenvalue weighted by Crippen LogP contribution is 2.24. The van der Waals surface area contributed by atoms with E-state index in [2.05, 4.69) is 10.0 Å². The molecule has 0 aliphatic rings. The second kappa shape index (κ2) is 8.16. The Hall–Kier alpha value is -2.34. The van der Waals surface area contributed by atoms with Gasteiger partial charge >= 0.3 is 0 Å². The topological polar surface area (TPSA) is 75.3 Å². The van der Waals surface area contributed by atoms with Crippen LogP contribution in [0.15, 0.2) is 47.4 Å². The molecule has 5 nitrogen and oxygen atoms in total. The van der Waals surface area contributed by atoms with Gasteiger partial charge in [0, 0.05) is 12.1 Å². The summed E-state index contributed by atoms with van der Waals surface area (Å²) in [6.07, 6.45) is 1.58. The number of aryl methyl sites for hydroxylation is 2. The van der Waals surface area contributed by atoms with E-state index in [1.165, 1.54) is 24.3 Å². The van der Waals surface area contributed by atoms with Gasteiger partial charge in [-0.2, -0.15) is 0 Å². The molecule has 1 amide bonds. The molecule has 0 saturated heterocycles. The molecule has 0 aliphatic heterocycles. The zero-order chi connectivity index (χ0) is 18.4. The monoisotopic (exact) mass is 360 g/mol. The summed E-state index contributed by atoms with van der Waals surface area (Å²) in [6.45, 7) is 6.42. The van der Waals surface area contributed by atoms with Crippen molar-refractivity contribution in [1.82, 2.24) is 5.32 Å². The van der Waals surface area contributed by atoms with Crippen LogP contribution in [0.25, 0.3) is 0 Å². The minimum absolute atomic E-state index is 0.129. The molecule has 0 atom stereocenters. The highest BCUT2D eigenvalue weighted by molar-refractivity contribution is 7.92. The Morgan fingerprint density at radius 2 is 1.72 bits per heavy atom. The van der Waals surface area contributed by atoms with Crippen LogP contribution in [0.3, 0.4) is 0 Å². The van der Waals surface area contributed by atoms with Gasteiger partial charge in [-0.05, 0) is 55.2 Å². The SMILES string of the molecule is CCCNC(=O)c1ccc(S(=O)(=O)Nc2c(C)cccc2CC)cc1. The van der Waals surface area contributed by atoms with E-state index < -0.39 is 10.0 Å². The van der Waals surface area contributed by atoms with Crippen LogP contribution in [0.4, 0.5) is 5.69 Å². The van der Waals surface area contributed by atoms with E-state index in [4.69, 9.17) is 0 Å². The first-order chi connectivity index (χ1) is 11.9. The molecular weight excluding hydrogens is 336 g/mol. The molecule has 0 fully saturated rings. The number of hydrogen-bond acceptors (Lipinski definition) is 3. The van der Waals surface area contributed by atoms with Crippen LogP contribution in [-0.2, 0) is 16.4 Å². The van der Waals surface area contributed by atoms with E-state index >= 15 is 0 Å². The first-order valence-corrected chi connectivity index (χ1v) is 9.87. The number of nitrogens with one attached hydrogen (secondary N) is 2. The smallest absolute Gasteiger partial charge is 0.261 e. The maximum atomic E-state index is 12.7. The molecule has 0 bridgehead atoms. The van der Waals surface area contributed by atoms with Crippen molar-refractivity contribution >= 4 is 21.6 Å². The number of rotatable bonds is 7. The predicted molar refractivity (Wildman–Crippen MR) is 100 cm³/mol. The number of hydrogen-bond donors (Lipinski definition) is 2. The van der Waals surface area contributed by atoms with E-state index in [1.807, 2.05) is 39.0 Å². The molecular formula is C19H24N2O3S. The third-order valence-electron chi connectivity index (χ3n) is 3.94. The van der Waals surface area contributed by atoms with E-state index in [-0.39, 0.29) is 10.8 Å². The summed E-state index contributed by atoms with van der Waals surface area (Å²) >= 11 is 0. The van der Waals surface area contributed by atoms with Crippen molar-refractivity contribution in [3.8, 4) is 0 Å². The van der Waals surface area contributed by atoms with Gasteiger partial charge in [0.25, 0.3) is 15.9 Å². The Morgan fingerprint density at radius 3 is 2.32 bits per heavy atom. The maximum Gasteiger partial charge on any atom is 0.261 e. The molecule has 0 saturated carbocycles. The highest BCUT2D eigenvalue weighted by atomic mass is 32.2. The summed E-state index contributed by atoms with van der Waals surface area (Å²) in [7, 11) is -3.71. The summed E-state index contributed by atoms with van der Waals surface area (Å²) < 4.78 is 28.0. The van der Waals surface area contributed by atoms with Crippen LogP contribution in [0.2, 0.25) is 0 Å². The molecule has 2 N–H and O–H groups in total. The second-order valence-electron chi connectivity index (χ2n) is 5.85. The summed E-state index contributed by atoms with van der Waals surface area (Å²) in [5.41, 5.74) is 2.88. The normalized spacial score (nSPS) is 11.2. The molecule has 6 heteroatoms. The molecule has 2 rings (SSSR count). The van der Waals surface area contributed by atoms with E-state index in [0.29, 0.717) is 17.8 Å². The fourth-order valence-electron chi connectivity index (χ4n) is 2.49. The summed E-state index contributed by atoms with van der Waals surface area (Å²) in [5, 5.41) is 2.77. The van der Waals surface area contributed by atoms with Crippen LogP contribution in [0, 0.1) is 6.92 Å². The molecule has 0 spiro atoms. The Kier molecular flexibility index (Phi) is 6.20. The van der Waals surface area contributed by atoms with E-state index in [9.17, 15) is 13.2 Å². The molecule has 2 aromatic carbocycles. The van der Waals surface area contributed by atoms with Gasteiger partial charge in [-0.3, -0.25) is 9.52 Å². The quantitative estimate of drug-likeness (QED) is 0.793. The maximum absolute atomic E-state index is 12.7. The lowest BCUT2D eigenvalue weighted by atomic mass is 10.1. The number of carbonyl (C=O) groups is 1. The molecule has 2 aromatic rings. The van der Waals surface area contributed by atoms with Gasteiger partial charge in [0.2, 0.25) is 0 Å². The van der Waals surface area contributed by atoms with Gasteiger partial charge in [-0.15, -0.1) is 0 Å². The minimum atomic E-state index is -3.71. The molecule has 25 heavy (non-hydrogen) atoms. The molecule has 134 valence electrons. The van der Waals surface area contributed by atoms with Crippen molar-refractivity contribution in [2.45, 2.75) is 38.5 Å². The van der Waals surface area contributed by atoms with Crippen molar-refractivity contribution in [2.24, 2.45) is 0 Å². The lowest BCUT2D eigenvalue weighted by molar-refractivity contribution is 0.0953. The van der Waals surface area contributed by atoms with Crippen molar-refractivity contribution in [2.75, 3.05) is 11.3 Å². The summed E-state index contributed by atoms with van der Waals surface area (Å²) in [6, 6.07) is 11.6. The van der Waals surface area contributed by atoms with E-state index in [0.717, 1.165) is 24.0 Å². The van der Waals surface area contributed by atoms with Gasteiger partial charge in [0.05, 0.1) is 10.6 Å². The van der Waals surface area contributed by atoms with Gasteiger partial charge in [-0.1, -0.05) is 32.0 Å². The van der Waals surface area contributed by atoms with Crippen molar-refractivity contribution in [3.63, 3.8) is 0 Å². The van der Waals surface area contributed by atoms with Crippen LogP contribution >= 0.6 is 0 Å². The number of sulfonamides is 1. The lowest BCUT2D eigenvalue weighted by Crippen LogP contribution is -2.24. The van der Waals surface area contributed by atoms with Crippen LogP contribution in [0.5, 0.6) is 0 Å². The molecule has 0 aromatic heterocycles. The molecule has 0 radical (unpaired) electrons. The zero-order valence-electron chi connectivity index (χ0n) is 14.8. The molecule has 0 heterocycles. The Labute approximate surface area is 149 Å². The molecule has 0 aliphatic carbocycles. The average molecular weight is 360 g/mol. The first kappa shape index (κ1) is 19.0. The first-order valence-electron chi connectivity index (χ1n) is 8.38. The lowest BCUT2D eigenvalue weighted by Gasteiger charge is -2.14. The largest absolute Gasteiger partial charge is 0.352 e. The third-order valence-corrected chi connectivity index (χ3v) is 5.30. The molecule has 0 unspecified atom stereocenters. The Bertz CT molecular complexity index is 843. The number of carbonyl (C=O) groups excluding carboxylic acids is 1. The second-order valence-corrected chi connectivity index (χ2v) is 7.53. The predicted octanol–water partition coefficient (Wildman–Crippen LogP) is 3.50. The fraction of sp³-hybridized carbons (Fsp3) is 0.316. The van der Waals surface area contributed by atoms with Crippen LogP contribution < -0.4 is 10.0 Å². The van der Waals surface area contributed by atoms with Crippen molar-refractivity contribution in [3.05, 3.63) is 59.2 Å². The van der Waals surface area contributed by atoms with Gasteiger partial charge in [-0.25, -0.2) is 8.42 Å². The Morgan fingerprint density at radius 1 is 1.04 bits per heavy atom. The average Bonchev–Trinajstić information content (AvgIpc) is 2.61. The number of para-hydroxylation sites is 1. The minimum Gasteiger partial charge on any atom is -0.352 e. The van der Waals surface area contributed by atoms with Gasteiger partial charge < -0.3 is 5.32 Å². The van der Waals surface area contributed by atoms with Crippen molar-refractivity contribution in [1.29, 1.82) is 0 Å². The van der Waals surface area contributed by atoms with Crippen molar-refractivity contribution < 1.29 is 13.2 Å². The van der Waals surface area contributed by atoms with Crippen LogP contribution in [0.1, 0.15) is 41.8 Å². The van der Waals surface area contributed by atoms with Crippen LogP contribution in [-0.4, -0.2) is 20.9 Å². The standard InChI is InChI=1S/C19H24N2O3S/c1-4-13-20-19(22)16-9-11-17(12-10-16)25(23,24)21-18-14(3)7-6-8-15(18)5-2/h6-12,21H,4-5,13H2,1-3H3,(H,20,22). The number of benzene rings is 2. The van der Waals surface area contributed by atoms with Gasteiger partial charge in [0.15, 0.2) is 0 Å². The third kappa shape index (κ3) is 4.60. The number of anilines is 1. The fourth-order valence-corrected chi connectivity index (χ4v) is 3.66. The summed E-state index contributed by atoms with van der Waals surface area (Å²) in [4.78, 5) is 12.0. The zero-order valence-corrected chi connectivity index (χ0v) is 15.6. The number of amides is 1. The van der Waals surface area contributed by atoms with Gasteiger partial charge in [0.1, 0.15) is 0 Å². The Balaban J connectivity index is 2.25. The van der Waals surface area contributed by atoms with E-state index in [1.54, 1.807) is 0 Å².